The van der Waals surface area contributed by atoms with Crippen molar-refractivity contribution >= 4 is 47.1 Å². The summed E-state index contributed by atoms with van der Waals surface area (Å²) in [6, 6.07) is 15.5. The van der Waals surface area contributed by atoms with Crippen LogP contribution < -0.4 is 5.43 Å². The Labute approximate surface area is 191 Å². The van der Waals surface area contributed by atoms with Gasteiger partial charge in [-0.05, 0) is 64.1 Å². The second-order valence-corrected chi connectivity index (χ2v) is 9.32. The van der Waals surface area contributed by atoms with Crippen LogP contribution in [0.5, 0.6) is 0 Å². The van der Waals surface area contributed by atoms with Gasteiger partial charge in [-0.2, -0.15) is 5.10 Å². The van der Waals surface area contributed by atoms with E-state index in [1.807, 2.05) is 74.7 Å². The normalized spacial score (nSPS) is 12.3. The van der Waals surface area contributed by atoms with Crippen LogP contribution in [0.3, 0.4) is 0 Å². The lowest BCUT2D eigenvalue weighted by Gasteiger charge is -2.12. The Hall–Kier alpha value is -2.21. The highest BCUT2D eigenvalue weighted by molar-refractivity contribution is 8.00. The topological polar surface area (TPSA) is 46.4 Å². The molecule has 0 bridgehead atoms. The van der Waals surface area contributed by atoms with Gasteiger partial charge in [0.05, 0.1) is 22.2 Å². The van der Waals surface area contributed by atoms with E-state index in [1.165, 1.54) is 17.3 Å². The fraction of sp³-hybridized carbons (Fsp3) is 0.217. The molecule has 3 aromatic rings. The van der Waals surface area contributed by atoms with Gasteiger partial charge in [0.1, 0.15) is 0 Å². The summed E-state index contributed by atoms with van der Waals surface area (Å²) in [4.78, 5) is 13.4. The molecule has 0 saturated heterocycles. The molecular formula is C23H23Cl2N3OS. The highest BCUT2D eigenvalue weighted by atomic mass is 35.5. The predicted octanol–water partition coefficient (Wildman–Crippen LogP) is 6.34. The average molecular weight is 460 g/mol. The summed E-state index contributed by atoms with van der Waals surface area (Å²) in [7, 11) is 0. The Bertz CT molecular complexity index is 1090. The first-order valence-corrected chi connectivity index (χ1v) is 11.1. The summed E-state index contributed by atoms with van der Waals surface area (Å²) in [5.41, 5.74) is 7.55. The van der Waals surface area contributed by atoms with E-state index >= 15 is 0 Å². The summed E-state index contributed by atoms with van der Waals surface area (Å²) in [5, 5.41) is 5.06. The summed E-state index contributed by atoms with van der Waals surface area (Å²) >= 11 is 13.9. The number of aromatic nitrogens is 1. The first-order chi connectivity index (χ1) is 14.3. The van der Waals surface area contributed by atoms with Gasteiger partial charge < -0.3 is 4.57 Å². The molecule has 7 heteroatoms. The fourth-order valence-corrected chi connectivity index (χ4v) is 4.44. The lowest BCUT2D eigenvalue weighted by atomic mass is 10.2. The van der Waals surface area contributed by atoms with Crippen molar-refractivity contribution in [2.24, 2.45) is 5.10 Å². The van der Waals surface area contributed by atoms with E-state index in [-0.39, 0.29) is 11.2 Å². The third kappa shape index (κ3) is 5.28. The minimum atomic E-state index is -0.259. The van der Waals surface area contributed by atoms with Crippen LogP contribution in [0.4, 0.5) is 0 Å². The molecule has 156 valence electrons. The largest absolute Gasteiger partial charge is 0.316 e. The number of rotatable bonds is 6. The summed E-state index contributed by atoms with van der Waals surface area (Å²) in [6.45, 7) is 7.88. The molecule has 0 saturated carbocycles. The maximum absolute atomic E-state index is 12.4. The number of hydrazone groups is 1. The van der Waals surface area contributed by atoms with Crippen molar-refractivity contribution in [2.75, 3.05) is 0 Å². The number of halogens is 2. The van der Waals surface area contributed by atoms with E-state index in [4.69, 9.17) is 23.2 Å². The Balaban J connectivity index is 1.69. The zero-order chi connectivity index (χ0) is 21.8. The molecule has 1 atom stereocenters. The number of nitrogens with zero attached hydrogens (tertiary/aromatic N) is 2. The Morgan fingerprint density at radius 1 is 1.10 bits per heavy atom. The van der Waals surface area contributed by atoms with E-state index in [0.29, 0.717) is 10.0 Å². The molecule has 1 heterocycles. The lowest BCUT2D eigenvalue weighted by molar-refractivity contribution is -0.120. The minimum Gasteiger partial charge on any atom is -0.316 e. The van der Waals surface area contributed by atoms with E-state index in [0.717, 1.165) is 27.5 Å². The standard InChI is InChI=1S/C23H23Cl2N3OS/c1-14-5-8-20(9-6-14)30-17(4)23(29)27-26-13-18-11-15(2)28(16(18)3)22-10-7-19(24)12-21(22)25/h5-13,17H,1-4H3,(H,27,29)/b26-13-/t17-/m0/s1. The maximum atomic E-state index is 12.4. The van der Waals surface area contributed by atoms with Crippen molar-refractivity contribution in [3.8, 4) is 5.69 Å². The highest BCUT2D eigenvalue weighted by Crippen LogP contribution is 2.28. The van der Waals surface area contributed by atoms with Gasteiger partial charge in [0.2, 0.25) is 0 Å². The number of thioether (sulfide) groups is 1. The number of benzene rings is 2. The van der Waals surface area contributed by atoms with Crippen LogP contribution in [0.15, 0.2) is 58.5 Å². The summed E-state index contributed by atoms with van der Waals surface area (Å²) in [6.07, 6.45) is 1.66. The molecule has 0 radical (unpaired) electrons. The molecule has 1 amide bonds. The highest BCUT2D eigenvalue weighted by Gasteiger charge is 2.15. The molecule has 0 aliphatic heterocycles. The Morgan fingerprint density at radius 3 is 2.47 bits per heavy atom. The van der Waals surface area contributed by atoms with Crippen molar-refractivity contribution in [1.29, 1.82) is 0 Å². The van der Waals surface area contributed by atoms with E-state index < -0.39 is 0 Å². The predicted molar refractivity (Wildman–Crippen MR) is 127 cm³/mol. The first-order valence-electron chi connectivity index (χ1n) is 9.47. The number of carbonyl (C=O) groups excluding carboxylic acids is 1. The second-order valence-electron chi connectivity index (χ2n) is 7.06. The number of nitrogens with one attached hydrogen (secondary N) is 1. The van der Waals surface area contributed by atoms with Crippen LogP contribution in [0.1, 0.15) is 29.4 Å². The average Bonchev–Trinajstić information content (AvgIpc) is 2.97. The second kappa shape index (κ2) is 9.73. The third-order valence-corrected chi connectivity index (χ3v) is 6.35. The molecule has 4 nitrogen and oxygen atoms in total. The van der Waals surface area contributed by atoms with Crippen LogP contribution in [0.2, 0.25) is 10.0 Å². The van der Waals surface area contributed by atoms with Crippen LogP contribution in [-0.4, -0.2) is 21.9 Å². The monoisotopic (exact) mass is 459 g/mol. The smallest absolute Gasteiger partial charge is 0.253 e. The SMILES string of the molecule is Cc1ccc(S[C@@H](C)C(=O)N/N=C\c2cc(C)n(-c3ccc(Cl)cc3Cl)c2C)cc1. The van der Waals surface area contributed by atoms with Crippen molar-refractivity contribution in [3.05, 3.63) is 81.1 Å². The van der Waals surface area contributed by atoms with Crippen LogP contribution in [0.25, 0.3) is 5.69 Å². The molecule has 30 heavy (non-hydrogen) atoms. The Morgan fingerprint density at radius 2 is 1.80 bits per heavy atom. The van der Waals surface area contributed by atoms with Crippen LogP contribution >= 0.6 is 35.0 Å². The van der Waals surface area contributed by atoms with E-state index in [9.17, 15) is 4.79 Å². The van der Waals surface area contributed by atoms with E-state index in [1.54, 1.807) is 12.3 Å². The molecule has 2 aromatic carbocycles. The number of aryl methyl sites for hydroxylation is 2. The van der Waals surface area contributed by atoms with Gasteiger partial charge in [-0.3, -0.25) is 4.79 Å². The molecule has 0 aliphatic rings. The van der Waals surface area contributed by atoms with E-state index in [2.05, 4.69) is 10.5 Å². The number of hydrogen-bond donors (Lipinski definition) is 1. The van der Waals surface area contributed by atoms with Gasteiger partial charge in [-0.1, -0.05) is 40.9 Å². The van der Waals surface area contributed by atoms with Gasteiger partial charge >= 0.3 is 0 Å². The molecule has 0 unspecified atom stereocenters. The van der Waals surface area contributed by atoms with Gasteiger partial charge in [0, 0.05) is 26.9 Å². The molecule has 3 rings (SSSR count). The summed E-state index contributed by atoms with van der Waals surface area (Å²) < 4.78 is 2.04. The van der Waals surface area contributed by atoms with Crippen LogP contribution in [0, 0.1) is 20.8 Å². The Kier molecular flexibility index (Phi) is 7.29. The zero-order valence-corrected chi connectivity index (χ0v) is 19.6. The van der Waals surface area contributed by atoms with Crippen LogP contribution in [-0.2, 0) is 4.79 Å². The van der Waals surface area contributed by atoms with Gasteiger partial charge in [-0.25, -0.2) is 5.43 Å². The van der Waals surface area contributed by atoms with Gasteiger partial charge in [-0.15, -0.1) is 11.8 Å². The van der Waals surface area contributed by atoms with Crippen molar-refractivity contribution < 1.29 is 4.79 Å². The molecule has 1 N–H and O–H groups in total. The molecular weight excluding hydrogens is 437 g/mol. The minimum absolute atomic E-state index is 0.147. The fourth-order valence-electron chi connectivity index (χ4n) is 3.08. The van der Waals surface area contributed by atoms with Crippen molar-refractivity contribution in [2.45, 2.75) is 37.8 Å². The number of hydrogen-bond acceptors (Lipinski definition) is 3. The van der Waals surface area contributed by atoms with Gasteiger partial charge in [0.15, 0.2) is 0 Å². The van der Waals surface area contributed by atoms with Crippen molar-refractivity contribution in [3.63, 3.8) is 0 Å². The molecule has 0 fully saturated rings. The van der Waals surface area contributed by atoms with Gasteiger partial charge in [0.25, 0.3) is 5.91 Å². The third-order valence-electron chi connectivity index (χ3n) is 4.70. The molecule has 1 aromatic heterocycles. The number of carbonyl (C=O) groups is 1. The van der Waals surface area contributed by atoms with Crippen molar-refractivity contribution in [1.82, 2.24) is 9.99 Å². The quantitative estimate of drug-likeness (QED) is 0.265. The summed E-state index contributed by atoms with van der Waals surface area (Å²) in [5.74, 6) is -0.147. The molecule has 0 spiro atoms. The maximum Gasteiger partial charge on any atom is 0.253 e. The zero-order valence-electron chi connectivity index (χ0n) is 17.2. The molecule has 0 aliphatic carbocycles. The lowest BCUT2D eigenvalue weighted by Crippen LogP contribution is -2.26. The first kappa shape index (κ1) is 22.5. The number of amides is 1.